The zero-order valence-electron chi connectivity index (χ0n) is 16.9. The van der Waals surface area contributed by atoms with Crippen LogP contribution in [0.2, 0.25) is 5.02 Å². The fourth-order valence-corrected chi connectivity index (χ4v) is 3.44. The number of aromatic nitrogens is 4. The van der Waals surface area contributed by atoms with Crippen molar-refractivity contribution in [3.8, 4) is 0 Å². The second-order valence-corrected chi connectivity index (χ2v) is 7.65. The molecule has 0 atom stereocenters. The molecule has 29 heavy (non-hydrogen) atoms. The number of anilines is 1. The third kappa shape index (κ3) is 4.76. The van der Waals surface area contributed by atoms with Crippen LogP contribution < -0.4 is 5.32 Å². The fraction of sp³-hybridized carbons (Fsp3) is 0.350. The van der Waals surface area contributed by atoms with Gasteiger partial charge in [0.25, 0.3) is 0 Å². The predicted octanol–water partition coefficient (Wildman–Crippen LogP) is 4.39. The molecule has 9 heteroatoms. The van der Waals surface area contributed by atoms with E-state index in [1.807, 2.05) is 49.7 Å². The fourth-order valence-electron chi connectivity index (χ4n) is 3.05. The van der Waals surface area contributed by atoms with Crippen molar-refractivity contribution in [2.24, 2.45) is 0 Å². The van der Waals surface area contributed by atoms with Crippen molar-refractivity contribution in [3.63, 3.8) is 0 Å². The molecule has 0 aliphatic heterocycles. The molecule has 0 saturated carbocycles. The first-order valence-electron chi connectivity index (χ1n) is 9.31. The summed E-state index contributed by atoms with van der Waals surface area (Å²) in [5.41, 5.74) is 3.80. The molecule has 1 N–H and O–H groups in total. The summed E-state index contributed by atoms with van der Waals surface area (Å²) < 4.78 is 17.8. The number of benzene rings is 1. The van der Waals surface area contributed by atoms with E-state index in [1.165, 1.54) is 6.07 Å². The molecule has 0 spiro atoms. The lowest BCUT2D eigenvalue weighted by Gasteiger charge is -2.20. The first-order valence-corrected chi connectivity index (χ1v) is 10.1. The Hall–Kier alpha value is -2.45. The van der Waals surface area contributed by atoms with Gasteiger partial charge >= 0.3 is 0 Å². The van der Waals surface area contributed by atoms with Crippen LogP contribution in [0.15, 0.2) is 30.5 Å². The van der Waals surface area contributed by atoms with Crippen molar-refractivity contribution in [2.75, 3.05) is 12.4 Å². The zero-order valence-corrected chi connectivity index (χ0v) is 18.5. The molecule has 6 nitrogen and oxygen atoms in total. The van der Waals surface area contributed by atoms with Gasteiger partial charge in [-0.25, -0.2) is 4.39 Å². The van der Waals surface area contributed by atoms with Crippen molar-refractivity contribution < 1.29 is 4.39 Å². The normalized spacial score (nSPS) is 11.0. The van der Waals surface area contributed by atoms with Gasteiger partial charge in [0.1, 0.15) is 5.82 Å². The number of thiocarbonyl (C=S) groups is 1. The third-order valence-electron chi connectivity index (χ3n) is 4.75. The van der Waals surface area contributed by atoms with E-state index in [1.54, 1.807) is 16.8 Å². The number of aryl methyl sites for hydroxylation is 2. The van der Waals surface area contributed by atoms with Crippen LogP contribution in [-0.4, -0.2) is 36.6 Å². The molecule has 0 aliphatic carbocycles. The number of hydrogen-bond donors (Lipinski definition) is 1. The molecule has 0 unspecified atom stereocenters. The van der Waals surface area contributed by atoms with Gasteiger partial charge in [-0.1, -0.05) is 17.7 Å². The van der Waals surface area contributed by atoms with Crippen molar-refractivity contribution in [1.82, 2.24) is 24.5 Å². The number of nitrogens with zero attached hydrogens (tertiary/aromatic N) is 5. The molecular weight excluding hydrogens is 411 g/mol. The third-order valence-corrected chi connectivity index (χ3v) is 5.52. The van der Waals surface area contributed by atoms with E-state index in [9.17, 15) is 4.39 Å². The van der Waals surface area contributed by atoms with Gasteiger partial charge in [0, 0.05) is 30.4 Å². The summed E-state index contributed by atoms with van der Waals surface area (Å²) in [4.78, 5) is 1.92. The molecule has 0 saturated heterocycles. The molecule has 2 aromatic heterocycles. The van der Waals surface area contributed by atoms with Crippen LogP contribution in [0.3, 0.4) is 0 Å². The highest BCUT2D eigenvalue weighted by molar-refractivity contribution is 7.80. The highest BCUT2D eigenvalue weighted by atomic mass is 35.5. The second-order valence-electron chi connectivity index (χ2n) is 6.85. The van der Waals surface area contributed by atoms with E-state index in [2.05, 4.69) is 15.5 Å². The minimum atomic E-state index is -0.346. The van der Waals surface area contributed by atoms with Crippen LogP contribution in [-0.2, 0) is 19.6 Å². The van der Waals surface area contributed by atoms with Crippen molar-refractivity contribution in [3.05, 3.63) is 63.9 Å². The summed E-state index contributed by atoms with van der Waals surface area (Å²) in [6.07, 6.45) is 1.95. The Morgan fingerprint density at radius 1 is 1.28 bits per heavy atom. The second kappa shape index (κ2) is 8.92. The van der Waals surface area contributed by atoms with Gasteiger partial charge in [-0.2, -0.15) is 10.2 Å². The Labute approximate surface area is 180 Å². The largest absolute Gasteiger partial charge is 0.346 e. The van der Waals surface area contributed by atoms with Crippen LogP contribution in [0.5, 0.6) is 0 Å². The van der Waals surface area contributed by atoms with E-state index < -0.39 is 0 Å². The standard InChI is InChI=1S/C20H24ClFN6S/c1-5-27-10-9-15(25-27)11-26(4)20(29)23-19-13(2)24-28(14(19)3)12-16-17(21)7-6-8-18(16)22/h6-10H,5,11-12H2,1-4H3,(H,23,29). The summed E-state index contributed by atoms with van der Waals surface area (Å²) in [7, 11) is 1.91. The Morgan fingerprint density at radius 2 is 2.03 bits per heavy atom. The lowest BCUT2D eigenvalue weighted by molar-refractivity contribution is 0.492. The predicted molar refractivity (Wildman–Crippen MR) is 118 cm³/mol. The lowest BCUT2D eigenvalue weighted by Crippen LogP contribution is -2.31. The average Bonchev–Trinajstić information content (AvgIpc) is 3.24. The van der Waals surface area contributed by atoms with Crippen LogP contribution in [0.4, 0.5) is 10.1 Å². The van der Waals surface area contributed by atoms with Gasteiger partial charge < -0.3 is 10.2 Å². The van der Waals surface area contributed by atoms with Gasteiger partial charge in [-0.05, 0) is 51.2 Å². The van der Waals surface area contributed by atoms with Crippen LogP contribution in [0.25, 0.3) is 0 Å². The molecule has 2 heterocycles. The molecule has 3 rings (SSSR count). The Morgan fingerprint density at radius 3 is 2.69 bits per heavy atom. The molecule has 0 amide bonds. The van der Waals surface area contributed by atoms with Crippen molar-refractivity contribution in [1.29, 1.82) is 0 Å². The number of nitrogens with one attached hydrogen (secondary N) is 1. The Kier molecular flexibility index (Phi) is 6.54. The van der Waals surface area contributed by atoms with Crippen LogP contribution >= 0.6 is 23.8 Å². The smallest absolute Gasteiger partial charge is 0.173 e. The molecule has 1 aromatic carbocycles. The molecular formula is C20H24ClFN6S. The monoisotopic (exact) mass is 434 g/mol. The van der Waals surface area contributed by atoms with Crippen molar-refractivity contribution in [2.45, 2.75) is 40.4 Å². The number of halogens is 2. The molecule has 0 bridgehead atoms. The lowest BCUT2D eigenvalue weighted by atomic mass is 10.2. The summed E-state index contributed by atoms with van der Waals surface area (Å²) in [6.45, 7) is 7.52. The van der Waals surface area contributed by atoms with E-state index in [4.69, 9.17) is 23.8 Å². The Balaban J connectivity index is 1.73. The van der Waals surface area contributed by atoms with Crippen LogP contribution in [0, 0.1) is 19.7 Å². The molecule has 154 valence electrons. The minimum Gasteiger partial charge on any atom is -0.346 e. The summed E-state index contributed by atoms with van der Waals surface area (Å²) >= 11 is 11.7. The highest BCUT2D eigenvalue weighted by Gasteiger charge is 2.17. The topological polar surface area (TPSA) is 50.9 Å². The summed E-state index contributed by atoms with van der Waals surface area (Å²) in [6, 6.07) is 6.65. The highest BCUT2D eigenvalue weighted by Crippen LogP contribution is 2.24. The number of rotatable bonds is 6. The SMILES string of the molecule is CCn1ccc(CN(C)C(=S)Nc2c(C)nn(Cc3c(F)cccc3Cl)c2C)n1. The summed E-state index contributed by atoms with van der Waals surface area (Å²) in [5.74, 6) is -0.346. The maximum absolute atomic E-state index is 14.1. The average molecular weight is 435 g/mol. The quantitative estimate of drug-likeness (QED) is 0.583. The maximum Gasteiger partial charge on any atom is 0.173 e. The molecule has 3 aromatic rings. The van der Waals surface area contributed by atoms with Gasteiger partial charge in [0.05, 0.1) is 35.9 Å². The Bertz CT molecular complexity index is 1010. The molecule has 0 fully saturated rings. The van der Waals surface area contributed by atoms with Gasteiger partial charge in [-0.15, -0.1) is 0 Å². The van der Waals surface area contributed by atoms with Gasteiger partial charge in [0.15, 0.2) is 5.11 Å². The number of hydrogen-bond acceptors (Lipinski definition) is 3. The molecule has 0 aliphatic rings. The van der Waals surface area contributed by atoms with E-state index in [0.717, 1.165) is 29.3 Å². The minimum absolute atomic E-state index is 0.247. The zero-order chi connectivity index (χ0) is 21.1. The molecule has 0 radical (unpaired) electrons. The van der Waals surface area contributed by atoms with Gasteiger partial charge in [-0.3, -0.25) is 9.36 Å². The summed E-state index contributed by atoms with van der Waals surface area (Å²) in [5, 5.41) is 13.2. The van der Waals surface area contributed by atoms with Crippen LogP contribution in [0.1, 0.15) is 29.6 Å². The first-order chi connectivity index (χ1) is 13.8. The van der Waals surface area contributed by atoms with E-state index in [0.29, 0.717) is 22.2 Å². The van der Waals surface area contributed by atoms with E-state index in [-0.39, 0.29) is 12.4 Å². The first kappa shape index (κ1) is 21.3. The van der Waals surface area contributed by atoms with Gasteiger partial charge in [0.2, 0.25) is 0 Å². The van der Waals surface area contributed by atoms with E-state index >= 15 is 0 Å². The maximum atomic E-state index is 14.1. The van der Waals surface area contributed by atoms with Crippen molar-refractivity contribution >= 4 is 34.6 Å².